The maximum atomic E-state index is 2.56. The second-order valence-corrected chi connectivity index (χ2v) is 6.45. The molecule has 0 aromatic rings. The fourth-order valence-electron chi connectivity index (χ4n) is 4.60. The molecule has 5 atom stereocenters. The van der Waals surface area contributed by atoms with Crippen LogP contribution >= 0.6 is 0 Å². The maximum absolute atomic E-state index is 2.56. The number of hydrogen-bond acceptors (Lipinski definition) is 0. The summed E-state index contributed by atoms with van der Waals surface area (Å²) < 4.78 is 0. The number of rotatable bonds is 0. The number of allylic oxidation sites excluding steroid dienone is 4. The van der Waals surface area contributed by atoms with Crippen molar-refractivity contribution in [2.24, 2.45) is 29.1 Å². The smallest absolute Gasteiger partial charge is 0.00473 e. The molecule has 0 aromatic heterocycles. The zero-order valence-corrected chi connectivity index (χ0v) is 10.7. The van der Waals surface area contributed by atoms with Gasteiger partial charge in [0.15, 0.2) is 0 Å². The Balaban J connectivity index is 1.99. The minimum Gasteiger partial charge on any atom is -0.0877 e. The van der Waals surface area contributed by atoms with Gasteiger partial charge in [-0.2, -0.15) is 0 Å². The standard InChI is InChI=1S/C16H24/c1-12-6-5-11-16(2)14(12)10-9-13-7-3-4-8-15(13)16/h5,9-15H,3-4,6-8H2,1-2H3. The lowest BCUT2D eigenvalue weighted by Crippen LogP contribution is -2.44. The van der Waals surface area contributed by atoms with Crippen LogP contribution in [0, 0.1) is 29.1 Å². The molecule has 5 unspecified atom stereocenters. The number of hydrogen-bond donors (Lipinski definition) is 0. The fourth-order valence-corrected chi connectivity index (χ4v) is 4.60. The SMILES string of the molecule is CC1CC=CC2(C)C1C=CC1CCCCC12. The van der Waals surface area contributed by atoms with Crippen molar-refractivity contribution >= 4 is 0 Å². The lowest BCUT2D eigenvalue weighted by molar-refractivity contribution is 0.0578. The van der Waals surface area contributed by atoms with Gasteiger partial charge in [0.2, 0.25) is 0 Å². The Morgan fingerprint density at radius 1 is 1.12 bits per heavy atom. The molecule has 0 bridgehead atoms. The highest BCUT2D eigenvalue weighted by Gasteiger charge is 2.47. The molecule has 0 spiro atoms. The second kappa shape index (κ2) is 3.75. The first-order valence-corrected chi connectivity index (χ1v) is 7.08. The summed E-state index contributed by atoms with van der Waals surface area (Å²) in [6.07, 6.45) is 17.2. The van der Waals surface area contributed by atoms with Gasteiger partial charge in [-0.3, -0.25) is 0 Å². The molecule has 0 radical (unpaired) electrons. The summed E-state index contributed by atoms with van der Waals surface area (Å²) in [5.41, 5.74) is 0.470. The molecule has 0 aromatic carbocycles. The number of fused-ring (bicyclic) bond motifs is 3. The van der Waals surface area contributed by atoms with Gasteiger partial charge in [0, 0.05) is 0 Å². The lowest BCUT2D eigenvalue weighted by atomic mass is 9.52. The zero-order chi connectivity index (χ0) is 11.2. The van der Waals surface area contributed by atoms with Crippen LogP contribution < -0.4 is 0 Å². The van der Waals surface area contributed by atoms with Crippen molar-refractivity contribution in [2.75, 3.05) is 0 Å². The lowest BCUT2D eigenvalue weighted by Gasteiger charge is -2.52. The van der Waals surface area contributed by atoms with Crippen LogP contribution in [0.4, 0.5) is 0 Å². The topological polar surface area (TPSA) is 0 Å². The van der Waals surface area contributed by atoms with Crippen molar-refractivity contribution in [2.45, 2.75) is 46.0 Å². The molecule has 3 rings (SSSR count). The highest BCUT2D eigenvalue weighted by Crippen LogP contribution is 2.55. The third-order valence-electron chi connectivity index (χ3n) is 5.50. The summed E-state index contributed by atoms with van der Waals surface area (Å²) in [7, 11) is 0. The van der Waals surface area contributed by atoms with Gasteiger partial charge in [-0.05, 0) is 48.3 Å². The van der Waals surface area contributed by atoms with Crippen molar-refractivity contribution < 1.29 is 0 Å². The van der Waals surface area contributed by atoms with Crippen LogP contribution in [0.25, 0.3) is 0 Å². The summed E-state index contributed by atoms with van der Waals surface area (Å²) in [4.78, 5) is 0. The van der Waals surface area contributed by atoms with Gasteiger partial charge >= 0.3 is 0 Å². The predicted octanol–water partition coefficient (Wildman–Crippen LogP) is 4.58. The second-order valence-electron chi connectivity index (χ2n) is 6.45. The quantitative estimate of drug-likeness (QED) is 0.520. The summed E-state index contributed by atoms with van der Waals surface area (Å²) in [6, 6.07) is 0. The molecular formula is C16H24. The van der Waals surface area contributed by atoms with Crippen LogP contribution in [-0.2, 0) is 0 Å². The van der Waals surface area contributed by atoms with E-state index in [1.165, 1.54) is 32.1 Å². The Morgan fingerprint density at radius 2 is 1.94 bits per heavy atom. The molecule has 0 heterocycles. The normalized spacial score (nSPS) is 50.9. The zero-order valence-electron chi connectivity index (χ0n) is 10.7. The van der Waals surface area contributed by atoms with E-state index in [9.17, 15) is 0 Å². The summed E-state index contributed by atoms with van der Waals surface area (Å²) in [5, 5.41) is 0. The Kier molecular flexibility index (Phi) is 2.49. The highest BCUT2D eigenvalue weighted by atomic mass is 14.5. The Morgan fingerprint density at radius 3 is 2.81 bits per heavy atom. The van der Waals surface area contributed by atoms with Crippen molar-refractivity contribution in [3.63, 3.8) is 0 Å². The summed E-state index contributed by atoms with van der Waals surface area (Å²) in [6.45, 7) is 4.95. The molecule has 0 N–H and O–H groups in total. The van der Waals surface area contributed by atoms with Gasteiger partial charge in [-0.15, -0.1) is 0 Å². The van der Waals surface area contributed by atoms with E-state index in [-0.39, 0.29) is 0 Å². The van der Waals surface area contributed by atoms with Crippen LogP contribution in [0.15, 0.2) is 24.3 Å². The van der Waals surface area contributed by atoms with Gasteiger partial charge in [-0.25, -0.2) is 0 Å². The van der Waals surface area contributed by atoms with E-state index in [1.807, 2.05) is 0 Å². The van der Waals surface area contributed by atoms with E-state index in [0.717, 1.165) is 23.7 Å². The van der Waals surface area contributed by atoms with Crippen molar-refractivity contribution in [1.29, 1.82) is 0 Å². The van der Waals surface area contributed by atoms with Crippen LogP contribution in [0.3, 0.4) is 0 Å². The Labute approximate surface area is 99.8 Å². The summed E-state index contributed by atoms with van der Waals surface area (Å²) >= 11 is 0. The molecule has 88 valence electrons. The third-order valence-corrected chi connectivity index (χ3v) is 5.50. The van der Waals surface area contributed by atoms with Gasteiger partial charge < -0.3 is 0 Å². The molecule has 0 aliphatic heterocycles. The Hall–Kier alpha value is -0.520. The first-order valence-electron chi connectivity index (χ1n) is 7.08. The molecule has 1 fully saturated rings. The van der Waals surface area contributed by atoms with Crippen molar-refractivity contribution in [3.05, 3.63) is 24.3 Å². The van der Waals surface area contributed by atoms with E-state index < -0.39 is 0 Å². The monoisotopic (exact) mass is 216 g/mol. The average molecular weight is 216 g/mol. The molecule has 0 saturated heterocycles. The van der Waals surface area contributed by atoms with Crippen LogP contribution in [0.1, 0.15) is 46.0 Å². The minimum atomic E-state index is 0.470. The first kappa shape index (κ1) is 10.6. The largest absolute Gasteiger partial charge is 0.0877 e. The molecule has 0 heteroatoms. The maximum Gasteiger partial charge on any atom is -0.00473 e. The van der Waals surface area contributed by atoms with E-state index in [4.69, 9.17) is 0 Å². The van der Waals surface area contributed by atoms with Gasteiger partial charge in [-0.1, -0.05) is 51.0 Å². The molecule has 3 aliphatic carbocycles. The van der Waals surface area contributed by atoms with Crippen LogP contribution in [-0.4, -0.2) is 0 Å². The first-order chi connectivity index (χ1) is 7.72. The summed E-state index contributed by atoms with van der Waals surface area (Å²) in [5.74, 6) is 3.45. The molecule has 16 heavy (non-hydrogen) atoms. The molecule has 1 saturated carbocycles. The van der Waals surface area contributed by atoms with E-state index in [2.05, 4.69) is 38.2 Å². The van der Waals surface area contributed by atoms with Crippen LogP contribution in [0.2, 0.25) is 0 Å². The van der Waals surface area contributed by atoms with Crippen molar-refractivity contribution in [1.82, 2.24) is 0 Å². The predicted molar refractivity (Wildman–Crippen MR) is 69.1 cm³/mol. The van der Waals surface area contributed by atoms with Crippen LogP contribution in [0.5, 0.6) is 0 Å². The Bertz CT molecular complexity index is 325. The molecule has 3 aliphatic rings. The van der Waals surface area contributed by atoms with Gasteiger partial charge in [0.05, 0.1) is 0 Å². The van der Waals surface area contributed by atoms with Gasteiger partial charge in [0.1, 0.15) is 0 Å². The molecule has 0 amide bonds. The van der Waals surface area contributed by atoms with Crippen molar-refractivity contribution in [3.8, 4) is 0 Å². The average Bonchev–Trinajstić information content (AvgIpc) is 2.29. The van der Waals surface area contributed by atoms with E-state index >= 15 is 0 Å². The van der Waals surface area contributed by atoms with E-state index in [0.29, 0.717) is 5.41 Å². The van der Waals surface area contributed by atoms with E-state index in [1.54, 1.807) is 0 Å². The fraction of sp³-hybridized carbons (Fsp3) is 0.750. The van der Waals surface area contributed by atoms with Gasteiger partial charge in [0.25, 0.3) is 0 Å². The third kappa shape index (κ3) is 1.42. The highest BCUT2D eigenvalue weighted by molar-refractivity contribution is 5.21. The molecular weight excluding hydrogens is 192 g/mol. The minimum absolute atomic E-state index is 0.470. The molecule has 0 nitrogen and oxygen atoms in total.